The first-order valence-corrected chi connectivity index (χ1v) is 9.32. The summed E-state index contributed by atoms with van der Waals surface area (Å²) in [7, 11) is -3.22. The van der Waals surface area contributed by atoms with Gasteiger partial charge in [0.05, 0.1) is 34.1 Å². The predicted molar refractivity (Wildman–Crippen MR) is 104 cm³/mol. The molecule has 0 atom stereocenters. The Morgan fingerprint density at radius 3 is 2.48 bits per heavy atom. The van der Waals surface area contributed by atoms with E-state index >= 15 is 0 Å². The van der Waals surface area contributed by atoms with E-state index in [2.05, 4.69) is 10.2 Å². The van der Waals surface area contributed by atoms with Crippen LogP contribution in [0.5, 0.6) is 11.5 Å². The fourth-order valence-electron chi connectivity index (χ4n) is 2.64. The standard InChI is InChI=1S/C17H14N4O7S/c1-28-15-7-10(21(23)24)3-5-13(15)19-20-17-12(18)4-2-9-6-11(29(25,26)27)8-14(22)16(9)17/h2-8,22H,18H2,1H3,(H,25,26,27). The summed E-state index contributed by atoms with van der Waals surface area (Å²) in [4.78, 5) is 9.80. The fourth-order valence-corrected chi connectivity index (χ4v) is 3.17. The number of anilines is 1. The molecule has 150 valence electrons. The van der Waals surface area contributed by atoms with Crippen molar-refractivity contribution < 1.29 is 27.7 Å². The maximum Gasteiger partial charge on any atom is 0.294 e. The molecule has 0 aliphatic heterocycles. The molecule has 0 amide bonds. The smallest absolute Gasteiger partial charge is 0.294 e. The van der Waals surface area contributed by atoms with Gasteiger partial charge in [-0.15, -0.1) is 10.2 Å². The van der Waals surface area contributed by atoms with Gasteiger partial charge in [0.2, 0.25) is 0 Å². The predicted octanol–water partition coefficient (Wildman–Crippen LogP) is 3.71. The molecule has 0 unspecified atom stereocenters. The zero-order chi connectivity index (χ0) is 21.3. The number of hydrogen-bond acceptors (Lipinski definition) is 9. The van der Waals surface area contributed by atoms with Crippen LogP contribution in [0, 0.1) is 10.1 Å². The first-order chi connectivity index (χ1) is 13.6. The summed E-state index contributed by atoms with van der Waals surface area (Å²) in [5.41, 5.74) is 6.08. The lowest BCUT2D eigenvalue weighted by Gasteiger charge is -2.09. The number of aromatic hydroxyl groups is 1. The monoisotopic (exact) mass is 418 g/mol. The lowest BCUT2D eigenvalue weighted by Crippen LogP contribution is -1.98. The normalized spacial score (nSPS) is 11.8. The summed E-state index contributed by atoms with van der Waals surface area (Å²) in [5.74, 6) is -0.383. The molecule has 29 heavy (non-hydrogen) atoms. The Hall–Kier alpha value is -3.77. The van der Waals surface area contributed by atoms with Gasteiger partial charge in [-0.1, -0.05) is 6.07 Å². The Kier molecular flexibility index (Phi) is 5.05. The van der Waals surface area contributed by atoms with Crippen molar-refractivity contribution in [1.29, 1.82) is 0 Å². The van der Waals surface area contributed by atoms with Gasteiger partial charge in [0.1, 0.15) is 17.1 Å². The lowest BCUT2D eigenvalue weighted by atomic mass is 10.1. The summed E-state index contributed by atoms with van der Waals surface area (Å²) in [6, 6.07) is 8.62. The number of benzene rings is 3. The zero-order valence-corrected chi connectivity index (χ0v) is 15.6. The van der Waals surface area contributed by atoms with Crippen LogP contribution in [0.15, 0.2) is 57.6 Å². The van der Waals surface area contributed by atoms with Gasteiger partial charge in [0, 0.05) is 12.1 Å². The number of phenolic OH excluding ortho intramolecular Hbond substituents is 1. The fraction of sp³-hybridized carbons (Fsp3) is 0.0588. The Bertz CT molecular complexity index is 1270. The largest absolute Gasteiger partial charge is 0.507 e. The maximum absolute atomic E-state index is 11.4. The van der Waals surface area contributed by atoms with Gasteiger partial charge in [0.15, 0.2) is 5.75 Å². The summed E-state index contributed by atoms with van der Waals surface area (Å²) >= 11 is 0. The van der Waals surface area contributed by atoms with Crippen LogP contribution in [0.2, 0.25) is 0 Å². The Balaban J connectivity index is 2.16. The molecular weight excluding hydrogens is 404 g/mol. The summed E-state index contributed by atoms with van der Waals surface area (Å²) < 4.78 is 37.0. The van der Waals surface area contributed by atoms with Crippen molar-refractivity contribution in [2.24, 2.45) is 10.2 Å². The molecule has 0 aliphatic carbocycles. The molecule has 0 heterocycles. The van der Waals surface area contributed by atoms with Gasteiger partial charge in [0.25, 0.3) is 15.8 Å². The molecule has 3 rings (SSSR count). The van der Waals surface area contributed by atoms with Crippen LogP contribution in [-0.2, 0) is 10.1 Å². The molecule has 0 saturated heterocycles. The third-order valence-corrected chi connectivity index (χ3v) is 4.84. The molecule has 0 radical (unpaired) electrons. The van der Waals surface area contributed by atoms with Crippen LogP contribution in [0.4, 0.5) is 22.7 Å². The van der Waals surface area contributed by atoms with Crippen LogP contribution >= 0.6 is 0 Å². The topological polar surface area (TPSA) is 178 Å². The Morgan fingerprint density at radius 1 is 1.14 bits per heavy atom. The minimum absolute atomic E-state index is 0.0438. The van der Waals surface area contributed by atoms with E-state index in [9.17, 15) is 28.2 Å². The molecule has 12 heteroatoms. The van der Waals surface area contributed by atoms with Gasteiger partial charge >= 0.3 is 0 Å². The Labute approximate surface area is 164 Å². The highest BCUT2D eigenvalue weighted by atomic mass is 32.2. The van der Waals surface area contributed by atoms with E-state index in [-0.39, 0.29) is 39.3 Å². The second-order valence-corrected chi connectivity index (χ2v) is 7.25. The van der Waals surface area contributed by atoms with Gasteiger partial charge < -0.3 is 15.6 Å². The number of non-ortho nitro benzene ring substituents is 1. The first-order valence-electron chi connectivity index (χ1n) is 7.88. The summed E-state index contributed by atoms with van der Waals surface area (Å²) in [6.45, 7) is 0. The number of nitro benzene ring substituents is 1. The van der Waals surface area contributed by atoms with E-state index in [1.807, 2.05) is 0 Å². The molecule has 3 aromatic rings. The van der Waals surface area contributed by atoms with Crippen molar-refractivity contribution in [3.8, 4) is 11.5 Å². The minimum atomic E-state index is -4.53. The minimum Gasteiger partial charge on any atom is -0.507 e. The molecule has 0 fully saturated rings. The summed E-state index contributed by atoms with van der Waals surface area (Å²) in [5, 5.41) is 29.5. The summed E-state index contributed by atoms with van der Waals surface area (Å²) in [6.07, 6.45) is 0. The van der Waals surface area contributed by atoms with Crippen LogP contribution in [0.3, 0.4) is 0 Å². The molecule has 0 spiro atoms. The van der Waals surface area contributed by atoms with E-state index < -0.39 is 25.7 Å². The number of nitrogens with two attached hydrogens (primary N) is 1. The zero-order valence-electron chi connectivity index (χ0n) is 14.8. The van der Waals surface area contributed by atoms with Crippen molar-refractivity contribution >= 4 is 43.6 Å². The van der Waals surface area contributed by atoms with E-state index in [1.165, 1.54) is 37.4 Å². The SMILES string of the molecule is COc1cc([N+](=O)[O-])ccc1N=Nc1c(N)ccc2cc(S(=O)(=O)O)cc(O)c12. The van der Waals surface area contributed by atoms with Gasteiger partial charge in [-0.25, -0.2) is 0 Å². The molecule has 4 N–H and O–H groups in total. The van der Waals surface area contributed by atoms with Crippen molar-refractivity contribution in [2.45, 2.75) is 4.90 Å². The van der Waals surface area contributed by atoms with Gasteiger partial charge in [-0.3, -0.25) is 14.7 Å². The molecule has 3 aromatic carbocycles. The van der Waals surface area contributed by atoms with Crippen molar-refractivity contribution in [1.82, 2.24) is 0 Å². The van der Waals surface area contributed by atoms with Crippen molar-refractivity contribution in [3.63, 3.8) is 0 Å². The molecule has 11 nitrogen and oxygen atoms in total. The molecular formula is C17H14N4O7S. The number of nitrogens with zero attached hydrogens (tertiary/aromatic N) is 3. The molecule has 0 aliphatic rings. The maximum atomic E-state index is 11.4. The number of phenols is 1. The number of azo groups is 1. The average molecular weight is 418 g/mol. The van der Waals surface area contributed by atoms with E-state index in [0.29, 0.717) is 0 Å². The number of rotatable bonds is 5. The van der Waals surface area contributed by atoms with Gasteiger partial charge in [-0.05, 0) is 23.6 Å². The lowest BCUT2D eigenvalue weighted by molar-refractivity contribution is -0.384. The van der Waals surface area contributed by atoms with E-state index in [1.54, 1.807) is 0 Å². The van der Waals surface area contributed by atoms with E-state index in [0.717, 1.165) is 12.1 Å². The highest BCUT2D eigenvalue weighted by molar-refractivity contribution is 7.85. The van der Waals surface area contributed by atoms with E-state index in [4.69, 9.17) is 10.5 Å². The van der Waals surface area contributed by atoms with Crippen molar-refractivity contribution in [3.05, 3.63) is 52.6 Å². The highest BCUT2D eigenvalue weighted by Crippen LogP contribution is 2.41. The van der Waals surface area contributed by atoms with Crippen LogP contribution < -0.4 is 10.5 Å². The quantitative estimate of drug-likeness (QED) is 0.184. The number of methoxy groups -OCH3 is 1. The number of hydrogen-bond donors (Lipinski definition) is 3. The molecule has 0 aromatic heterocycles. The third kappa shape index (κ3) is 3.93. The third-order valence-electron chi connectivity index (χ3n) is 4.00. The average Bonchev–Trinajstić information content (AvgIpc) is 2.66. The van der Waals surface area contributed by atoms with Crippen LogP contribution in [0.25, 0.3) is 10.8 Å². The van der Waals surface area contributed by atoms with Crippen LogP contribution in [0.1, 0.15) is 0 Å². The number of nitrogen functional groups attached to an aromatic ring is 1. The second-order valence-electron chi connectivity index (χ2n) is 5.83. The first kappa shape index (κ1) is 20.0. The van der Waals surface area contributed by atoms with Crippen molar-refractivity contribution in [2.75, 3.05) is 12.8 Å². The molecule has 0 bridgehead atoms. The second kappa shape index (κ2) is 7.33. The van der Waals surface area contributed by atoms with Gasteiger partial charge in [-0.2, -0.15) is 8.42 Å². The number of fused-ring (bicyclic) bond motifs is 1. The van der Waals surface area contributed by atoms with Crippen LogP contribution in [-0.4, -0.2) is 30.1 Å². The Morgan fingerprint density at radius 2 is 1.86 bits per heavy atom. The number of nitro groups is 1. The highest BCUT2D eigenvalue weighted by Gasteiger charge is 2.17. The number of ether oxygens (including phenoxy) is 1. The molecule has 0 saturated carbocycles.